The van der Waals surface area contributed by atoms with Crippen LogP contribution < -0.4 is 5.73 Å². The summed E-state index contributed by atoms with van der Waals surface area (Å²) in [6, 6.07) is 7.26. The molecule has 0 saturated heterocycles. The van der Waals surface area contributed by atoms with Gasteiger partial charge in [-0.2, -0.15) is 0 Å². The number of pyridine rings is 1. The van der Waals surface area contributed by atoms with E-state index in [1.807, 2.05) is 0 Å². The predicted octanol–water partition coefficient (Wildman–Crippen LogP) is 2.89. The molecule has 1 aromatic heterocycles. The van der Waals surface area contributed by atoms with E-state index < -0.39 is 11.4 Å². The quantitative estimate of drug-likeness (QED) is 0.887. The zero-order chi connectivity index (χ0) is 13.3. The Balaban J connectivity index is 2.50. The minimum absolute atomic E-state index is 0.306. The number of nitrogens with zero attached hydrogens (tertiary/aromatic N) is 1. The largest absolute Gasteiger partial charge is 0.317 e. The average molecular weight is 248 g/mol. The van der Waals surface area contributed by atoms with Crippen molar-refractivity contribution in [3.8, 4) is 0 Å². The number of aromatic nitrogens is 1. The summed E-state index contributed by atoms with van der Waals surface area (Å²) in [5, 5.41) is 0. The minimum Gasteiger partial charge on any atom is -0.317 e. The first kappa shape index (κ1) is 12.6. The van der Waals surface area contributed by atoms with Crippen LogP contribution in [0.15, 0.2) is 36.5 Å². The molecule has 1 heterocycles. The predicted molar refractivity (Wildman–Crippen MR) is 66.0 cm³/mol. The molecule has 2 aromatic rings. The Labute approximate surface area is 104 Å². The van der Waals surface area contributed by atoms with Crippen molar-refractivity contribution in [1.82, 2.24) is 4.98 Å². The lowest BCUT2D eigenvalue weighted by molar-refractivity contribution is 0.561. The maximum atomic E-state index is 13.1. The van der Waals surface area contributed by atoms with E-state index in [1.54, 1.807) is 19.9 Å². The van der Waals surface area contributed by atoms with Gasteiger partial charge >= 0.3 is 0 Å². The highest BCUT2D eigenvalue weighted by atomic mass is 19.1. The maximum absolute atomic E-state index is 13.1. The summed E-state index contributed by atoms with van der Waals surface area (Å²) in [5.74, 6) is -0.718. The number of aryl methyl sites for hydroxylation is 1. The SMILES string of the molecule is Cc1cc(F)ccc1C(C)(N)c1ccc(F)cn1. The Morgan fingerprint density at radius 1 is 1.11 bits per heavy atom. The van der Waals surface area contributed by atoms with Crippen molar-refractivity contribution in [2.75, 3.05) is 0 Å². The van der Waals surface area contributed by atoms with Gasteiger partial charge in [-0.1, -0.05) is 6.07 Å². The van der Waals surface area contributed by atoms with E-state index in [0.29, 0.717) is 5.69 Å². The van der Waals surface area contributed by atoms with Crippen LogP contribution in [0.3, 0.4) is 0 Å². The van der Waals surface area contributed by atoms with Crippen LogP contribution in [0.25, 0.3) is 0 Å². The molecule has 2 nitrogen and oxygen atoms in total. The van der Waals surface area contributed by atoms with Crippen LogP contribution >= 0.6 is 0 Å². The van der Waals surface area contributed by atoms with Crippen molar-refractivity contribution >= 4 is 0 Å². The van der Waals surface area contributed by atoms with Crippen LogP contribution in [0.5, 0.6) is 0 Å². The number of benzene rings is 1. The van der Waals surface area contributed by atoms with E-state index in [9.17, 15) is 8.78 Å². The van der Waals surface area contributed by atoms with Crippen molar-refractivity contribution in [3.05, 3.63) is 65.0 Å². The lowest BCUT2D eigenvalue weighted by Crippen LogP contribution is -2.36. The van der Waals surface area contributed by atoms with Gasteiger partial charge < -0.3 is 5.73 Å². The Morgan fingerprint density at radius 2 is 1.78 bits per heavy atom. The Bertz CT molecular complexity index is 563. The summed E-state index contributed by atoms with van der Waals surface area (Å²) in [6.45, 7) is 3.56. The summed E-state index contributed by atoms with van der Waals surface area (Å²) in [4.78, 5) is 4.00. The molecule has 18 heavy (non-hydrogen) atoms. The molecule has 0 spiro atoms. The zero-order valence-corrected chi connectivity index (χ0v) is 10.2. The topological polar surface area (TPSA) is 38.9 Å². The molecule has 0 aliphatic carbocycles. The van der Waals surface area contributed by atoms with E-state index in [2.05, 4.69) is 4.98 Å². The summed E-state index contributed by atoms with van der Waals surface area (Å²) in [5.41, 5.74) is 7.42. The zero-order valence-electron chi connectivity index (χ0n) is 10.2. The molecule has 0 saturated carbocycles. The molecule has 0 aliphatic heterocycles. The molecular formula is C14H14F2N2. The molecule has 0 amide bonds. The fourth-order valence-corrected chi connectivity index (χ4v) is 2.03. The summed E-state index contributed by atoms with van der Waals surface area (Å²) in [6.07, 6.45) is 1.12. The van der Waals surface area contributed by atoms with Gasteiger partial charge in [0.2, 0.25) is 0 Å². The van der Waals surface area contributed by atoms with E-state index >= 15 is 0 Å². The second kappa shape index (κ2) is 4.46. The molecule has 1 atom stereocenters. The second-order valence-corrected chi connectivity index (χ2v) is 4.52. The highest BCUT2D eigenvalue weighted by Gasteiger charge is 2.27. The number of nitrogens with two attached hydrogens (primary N) is 1. The Kier molecular flexibility index (Phi) is 3.13. The van der Waals surface area contributed by atoms with Crippen molar-refractivity contribution in [2.24, 2.45) is 5.73 Å². The lowest BCUT2D eigenvalue weighted by atomic mass is 9.86. The summed E-state index contributed by atoms with van der Waals surface area (Å²) < 4.78 is 25.9. The molecular weight excluding hydrogens is 234 g/mol. The van der Waals surface area contributed by atoms with E-state index in [1.165, 1.54) is 24.3 Å². The van der Waals surface area contributed by atoms with E-state index in [4.69, 9.17) is 5.73 Å². The number of halogens is 2. The lowest BCUT2D eigenvalue weighted by Gasteiger charge is -2.26. The first-order valence-electron chi connectivity index (χ1n) is 5.59. The van der Waals surface area contributed by atoms with Crippen LogP contribution in [0, 0.1) is 18.6 Å². The van der Waals surface area contributed by atoms with Gasteiger partial charge in [-0.3, -0.25) is 4.98 Å². The number of hydrogen-bond acceptors (Lipinski definition) is 2. The van der Waals surface area contributed by atoms with Gasteiger partial charge in [0.1, 0.15) is 11.6 Å². The normalized spacial score (nSPS) is 14.3. The van der Waals surface area contributed by atoms with Crippen LogP contribution in [-0.4, -0.2) is 4.98 Å². The molecule has 1 aromatic carbocycles. The average Bonchev–Trinajstić information content (AvgIpc) is 2.29. The Hall–Kier alpha value is -1.81. The van der Waals surface area contributed by atoms with Gasteiger partial charge in [-0.25, -0.2) is 8.78 Å². The fourth-order valence-electron chi connectivity index (χ4n) is 2.03. The molecule has 1 unspecified atom stereocenters. The molecule has 0 aliphatic rings. The van der Waals surface area contributed by atoms with E-state index in [-0.39, 0.29) is 5.82 Å². The van der Waals surface area contributed by atoms with Crippen molar-refractivity contribution in [2.45, 2.75) is 19.4 Å². The fraction of sp³-hybridized carbons (Fsp3) is 0.214. The molecule has 0 fully saturated rings. The van der Waals surface area contributed by atoms with Crippen LogP contribution in [0.4, 0.5) is 8.78 Å². The maximum Gasteiger partial charge on any atom is 0.141 e. The molecule has 4 heteroatoms. The van der Waals surface area contributed by atoms with E-state index in [0.717, 1.165) is 17.3 Å². The first-order valence-corrected chi connectivity index (χ1v) is 5.59. The summed E-state index contributed by atoms with van der Waals surface area (Å²) >= 11 is 0. The smallest absolute Gasteiger partial charge is 0.141 e. The van der Waals surface area contributed by atoms with Gasteiger partial charge in [-0.05, 0) is 49.2 Å². The van der Waals surface area contributed by atoms with Crippen molar-refractivity contribution < 1.29 is 8.78 Å². The van der Waals surface area contributed by atoms with Crippen molar-refractivity contribution in [3.63, 3.8) is 0 Å². The monoisotopic (exact) mass is 248 g/mol. The van der Waals surface area contributed by atoms with Gasteiger partial charge in [0.05, 0.1) is 17.4 Å². The molecule has 2 rings (SSSR count). The number of rotatable bonds is 2. The Morgan fingerprint density at radius 3 is 2.33 bits per heavy atom. The van der Waals surface area contributed by atoms with Gasteiger partial charge in [0.15, 0.2) is 0 Å². The van der Waals surface area contributed by atoms with Crippen LogP contribution in [0.1, 0.15) is 23.7 Å². The minimum atomic E-state index is -0.883. The van der Waals surface area contributed by atoms with Gasteiger partial charge in [0, 0.05) is 0 Å². The molecule has 94 valence electrons. The third-order valence-electron chi connectivity index (χ3n) is 3.01. The molecule has 2 N–H and O–H groups in total. The molecule has 0 bridgehead atoms. The van der Waals surface area contributed by atoms with Crippen LogP contribution in [-0.2, 0) is 5.54 Å². The van der Waals surface area contributed by atoms with Crippen LogP contribution in [0.2, 0.25) is 0 Å². The number of hydrogen-bond donors (Lipinski definition) is 1. The van der Waals surface area contributed by atoms with Crippen molar-refractivity contribution in [1.29, 1.82) is 0 Å². The first-order chi connectivity index (χ1) is 8.41. The van der Waals surface area contributed by atoms with Gasteiger partial charge in [0.25, 0.3) is 0 Å². The highest BCUT2D eigenvalue weighted by molar-refractivity contribution is 5.38. The summed E-state index contributed by atoms with van der Waals surface area (Å²) in [7, 11) is 0. The highest BCUT2D eigenvalue weighted by Crippen LogP contribution is 2.28. The third kappa shape index (κ3) is 2.24. The standard InChI is InChI=1S/C14H14F2N2/c1-9-7-10(15)3-5-12(9)14(2,17)13-6-4-11(16)8-18-13/h3-8H,17H2,1-2H3. The third-order valence-corrected chi connectivity index (χ3v) is 3.01. The molecule has 0 radical (unpaired) electrons. The second-order valence-electron chi connectivity index (χ2n) is 4.52. The van der Waals surface area contributed by atoms with Gasteiger partial charge in [-0.15, -0.1) is 0 Å².